The van der Waals surface area contributed by atoms with Crippen LogP contribution in [0.15, 0.2) is 24.3 Å². The fourth-order valence-electron chi connectivity index (χ4n) is 2.17. The molecular formula is C12H17N3O2. The number of nitro benzene ring substituents is 1. The molecule has 1 fully saturated rings. The molecule has 0 amide bonds. The molecule has 0 aliphatic carbocycles. The van der Waals surface area contributed by atoms with E-state index in [9.17, 15) is 10.1 Å². The summed E-state index contributed by atoms with van der Waals surface area (Å²) in [6, 6.07) is 6.83. The molecule has 1 aromatic rings. The number of anilines is 1. The van der Waals surface area contributed by atoms with Gasteiger partial charge in [0.05, 0.1) is 4.92 Å². The predicted molar refractivity (Wildman–Crippen MR) is 67.4 cm³/mol. The summed E-state index contributed by atoms with van der Waals surface area (Å²) < 4.78 is 0. The highest BCUT2D eigenvalue weighted by atomic mass is 16.6. The third kappa shape index (κ3) is 2.74. The van der Waals surface area contributed by atoms with Gasteiger partial charge in [-0.3, -0.25) is 10.1 Å². The van der Waals surface area contributed by atoms with Crippen molar-refractivity contribution < 1.29 is 4.92 Å². The Morgan fingerprint density at radius 2 is 2.24 bits per heavy atom. The van der Waals surface area contributed by atoms with Crippen LogP contribution in [0.2, 0.25) is 0 Å². The standard InChI is InChI=1S/C12H17N3O2/c1-12(2)9-14(7-6-13-12)10-4-3-5-11(8-10)15(16)17/h3-5,8,13H,6-7,9H2,1-2H3. The topological polar surface area (TPSA) is 58.4 Å². The maximum absolute atomic E-state index is 10.7. The van der Waals surface area contributed by atoms with Crippen LogP contribution in [-0.2, 0) is 0 Å². The van der Waals surface area contributed by atoms with Crippen molar-refractivity contribution in [3.63, 3.8) is 0 Å². The van der Waals surface area contributed by atoms with Gasteiger partial charge >= 0.3 is 0 Å². The van der Waals surface area contributed by atoms with Gasteiger partial charge in [0.25, 0.3) is 5.69 Å². The van der Waals surface area contributed by atoms with E-state index in [1.165, 1.54) is 6.07 Å². The van der Waals surface area contributed by atoms with Crippen molar-refractivity contribution in [2.45, 2.75) is 19.4 Å². The molecule has 1 aliphatic heterocycles. The van der Waals surface area contributed by atoms with Crippen LogP contribution in [0.4, 0.5) is 11.4 Å². The van der Waals surface area contributed by atoms with Crippen LogP contribution in [0.3, 0.4) is 0 Å². The van der Waals surface area contributed by atoms with E-state index in [4.69, 9.17) is 0 Å². The third-order valence-electron chi connectivity index (χ3n) is 2.98. The van der Waals surface area contributed by atoms with Crippen LogP contribution in [0.5, 0.6) is 0 Å². The minimum atomic E-state index is -0.350. The van der Waals surface area contributed by atoms with Crippen molar-refractivity contribution in [2.75, 3.05) is 24.5 Å². The van der Waals surface area contributed by atoms with Crippen LogP contribution < -0.4 is 10.2 Å². The SMILES string of the molecule is CC1(C)CN(c2cccc([N+](=O)[O-])c2)CCN1. The Morgan fingerprint density at radius 1 is 1.47 bits per heavy atom. The molecule has 1 aromatic carbocycles. The zero-order chi connectivity index (χ0) is 12.5. The van der Waals surface area contributed by atoms with E-state index < -0.39 is 0 Å². The monoisotopic (exact) mass is 235 g/mol. The first-order valence-electron chi connectivity index (χ1n) is 5.72. The summed E-state index contributed by atoms with van der Waals surface area (Å²) >= 11 is 0. The summed E-state index contributed by atoms with van der Waals surface area (Å²) in [6.45, 7) is 6.90. The molecule has 5 nitrogen and oxygen atoms in total. The molecular weight excluding hydrogens is 218 g/mol. The maximum Gasteiger partial charge on any atom is 0.271 e. The molecule has 0 radical (unpaired) electrons. The van der Waals surface area contributed by atoms with Crippen molar-refractivity contribution in [3.05, 3.63) is 34.4 Å². The van der Waals surface area contributed by atoms with E-state index in [1.807, 2.05) is 6.07 Å². The first-order chi connectivity index (χ1) is 7.98. The molecule has 5 heteroatoms. The number of non-ortho nitro benzene ring substituents is 1. The summed E-state index contributed by atoms with van der Waals surface area (Å²) in [5.41, 5.74) is 1.12. The highest BCUT2D eigenvalue weighted by Crippen LogP contribution is 2.23. The molecule has 1 aliphatic rings. The van der Waals surface area contributed by atoms with Gasteiger partial charge in [-0.25, -0.2) is 0 Å². The Labute approximate surface area is 101 Å². The molecule has 17 heavy (non-hydrogen) atoms. The lowest BCUT2D eigenvalue weighted by Gasteiger charge is -2.40. The normalized spacial score (nSPS) is 19.1. The van der Waals surface area contributed by atoms with Crippen LogP contribution >= 0.6 is 0 Å². The quantitative estimate of drug-likeness (QED) is 0.627. The van der Waals surface area contributed by atoms with Gasteiger partial charge in [0.2, 0.25) is 0 Å². The van der Waals surface area contributed by atoms with Crippen molar-refractivity contribution in [3.8, 4) is 0 Å². The lowest BCUT2D eigenvalue weighted by atomic mass is 10.0. The van der Waals surface area contributed by atoms with E-state index >= 15 is 0 Å². The molecule has 92 valence electrons. The van der Waals surface area contributed by atoms with E-state index in [2.05, 4.69) is 24.1 Å². The Kier molecular flexibility index (Phi) is 3.02. The van der Waals surface area contributed by atoms with Gasteiger partial charge in [-0.15, -0.1) is 0 Å². The summed E-state index contributed by atoms with van der Waals surface area (Å²) in [7, 11) is 0. The maximum atomic E-state index is 10.7. The molecule has 0 spiro atoms. The van der Waals surface area contributed by atoms with Gasteiger partial charge in [0.1, 0.15) is 0 Å². The highest BCUT2D eigenvalue weighted by molar-refractivity contribution is 5.53. The molecule has 0 aromatic heterocycles. The number of nitro groups is 1. The summed E-state index contributed by atoms with van der Waals surface area (Å²) in [5.74, 6) is 0. The van der Waals surface area contributed by atoms with Gasteiger partial charge < -0.3 is 10.2 Å². The number of hydrogen-bond donors (Lipinski definition) is 1. The van der Waals surface area contributed by atoms with Crippen molar-refractivity contribution in [2.24, 2.45) is 0 Å². The fraction of sp³-hybridized carbons (Fsp3) is 0.500. The Hall–Kier alpha value is -1.62. The first kappa shape index (κ1) is 11.9. The lowest BCUT2D eigenvalue weighted by Crippen LogP contribution is -2.57. The van der Waals surface area contributed by atoms with Crippen molar-refractivity contribution in [1.82, 2.24) is 5.32 Å². The minimum absolute atomic E-state index is 0.0445. The molecule has 0 atom stereocenters. The first-order valence-corrected chi connectivity index (χ1v) is 5.72. The third-order valence-corrected chi connectivity index (χ3v) is 2.98. The number of piperazine rings is 1. The second-order valence-electron chi connectivity index (χ2n) is 5.01. The number of hydrogen-bond acceptors (Lipinski definition) is 4. The van der Waals surface area contributed by atoms with Crippen LogP contribution in [0.25, 0.3) is 0 Å². The van der Waals surface area contributed by atoms with Gasteiger partial charge in [-0.2, -0.15) is 0 Å². The number of nitrogens with zero attached hydrogens (tertiary/aromatic N) is 2. The minimum Gasteiger partial charge on any atom is -0.368 e. The largest absolute Gasteiger partial charge is 0.368 e. The molecule has 2 rings (SSSR count). The molecule has 0 unspecified atom stereocenters. The van der Waals surface area contributed by atoms with Gasteiger partial charge in [0.15, 0.2) is 0 Å². The van der Waals surface area contributed by atoms with Crippen LogP contribution in [0.1, 0.15) is 13.8 Å². The number of rotatable bonds is 2. The Balaban J connectivity index is 2.22. The van der Waals surface area contributed by atoms with Crippen LogP contribution in [0, 0.1) is 10.1 Å². The van der Waals surface area contributed by atoms with Crippen molar-refractivity contribution >= 4 is 11.4 Å². The predicted octanol–water partition coefficient (Wildman–Crippen LogP) is 1.78. The Morgan fingerprint density at radius 3 is 2.88 bits per heavy atom. The second-order valence-corrected chi connectivity index (χ2v) is 5.01. The van der Waals surface area contributed by atoms with E-state index in [0.717, 1.165) is 25.3 Å². The molecule has 0 saturated carbocycles. The zero-order valence-corrected chi connectivity index (χ0v) is 10.1. The smallest absolute Gasteiger partial charge is 0.271 e. The van der Waals surface area contributed by atoms with E-state index in [1.54, 1.807) is 12.1 Å². The highest BCUT2D eigenvalue weighted by Gasteiger charge is 2.26. The number of benzene rings is 1. The average molecular weight is 235 g/mol. The van der Waals surface area contributed by atoms with Crippen molar-refractivity contribution in [1.29, 1.82) is 0 Å². The van der Waals surface area contributed by atoms with Gasteiger partial charge in [-0.1, -0.05) is 6.07 Å². The van der Waals surface area contributed by atoms with Gasteiger partial charge in [-0.05, 0) is 19.9 Å². The van der Waals surface area contributed by atoms with E-state index in [-0.39, 0.29) is 16.1 Å². The Bertz CT molecular complexity index is 432. The fourth-order valence-corrected chi connectivity index (χ4v) is 2.17. The summed E-state index contributed by atoms with van der Waals surface area (Å²) in [6.07, 6.45) is 0. The average Bonchev–Trinajstić information content (AvgIpc) is 2.28. The molecule has 1 saturated heterocycles. The molecule has 1 N–H and O–H groups in total. The summed E-state index contributed by atoms with van der Waals surface area (Å²) in [5, 5.41) is 14.2. The van der Waals surface area contributed by atoms with Gasteiger partial charge in [0, 0.05) is 43.0 Å². The lowest BCUT2D eigenvalue weighted by molar-refractivity contribution is -0.384. The molecule has 0 bridgehead atoms. The van der Waals surface area contributed by atoms with E-state index in [0.29, 0.717) is 0 Å². The van der Waals surface area contributed by atoms with Crippen LogP contribution in [-0.4, -0.2) is 30.1 Å². The molecule has 1 heterocycles. The summed E-state index contributed by atoms with van der Waals surface area (Å²) in [4.78, 5) is 12.6. The zero-order valence-electron chi connectivity index (χ0n) is 10.1. The number of nitrogens with one attached hydrogen (secondary N) is 1. The second kappa shape index (κ2) is 4.33.